The number of ether oxygens (including phenoxy) is 1. The Morgan fingerprint density at radius 2 is 1.42 bits per heavy atom. The standard InChI is InChI=1S/C17H35NO5Si/c1-22-17(21)15-18(14-16(19)20)12-10-8-6-4-3-5-7-9-11-13-24-23-2/h3-15,24H2,1-2H3,(H,19,20). The first kappa shape index (κ1) is 23.1. The summed E-state index contributed by atoms with van der Waals surface area (Å²) in [4.78, 5) is 23.7. The van der Waals surface area contributed by atoms with Gasteiger partial charge in [0.05, 0.1) is 20.2 Å². The largest absolute Gasteiger partial charge is 0.480 e. The maximum Gasteiger partial charge on any atom is 0.319 e. The van der Waals surface area contributed by atoms with Crippen molar-refractivity contribution in [3.8, 4) is 0 Å². The number of nitrogens with zero attached hydrogens (tertiary/aromatic N) is 1. The van der Waals surface area contributed by atoms with E-state index in [1.165, 1.54) is 58.1 Å². The number of aliphatic carboxylic acids is 1. The second kappa shape index (κ2) is 16.9. The first-order valence-corrected chi connectivity index (χ1v) is 10.7. The summed E-state index contributed by atoms with van der Waals surface area (Å²) in [6.07, 6.45) is 11.0. The smallest absolute Gasteiger partial charge is 0.319 e. The van der Waals surface area contributed by atoms with Crippen LogP contribution in [0.25, 0.3) is 0 Å². The molecule has 0 bridgehead atoms. The average molecular weight is 362 g/mol. The Kier molecular flexibility index (Phi) is 16.3. The van der Waals surface area contributed by atoms with Crippen LogP contribution in [0.2, 0.25) is 6.04 Å². The van der Waals surface area contributed by atoms with E-state index in [9.17, 15) is 9.59 Å². The minimum absolute atomic E-state index is 0.0503. The van der Waals surface area contributed by atoms with E-state index in [0.29, 0.717) is 6.54 Å². The number of carbonyl (C=O) groups is 2. The van der Waals surface area contributed by atoms with Crippen LogP contribution in [0.5, 0.6) is 0 Å². The molecule has 0 aliphatic rings. The van der Waals surface area contributed by atoms with Gasteiger partial charge in [0.25, 0.3) is 0 Å². The van der Waals surface area contributed by atoms with Gasteiger partial charge in [0.1, 0.15) is 0 Å². The Morgan fingerprint density at radius 3 is 1.92 bits per heavy atom. The van der Waals surface area contributed by atoms with E-state index in [0.717, 1.165) is 12.8 Å². The third-order valence-corrected chi connectivity index (χ3v) is 5.21. The number of hydrogen-bond donors (Lipinski definition) is 1. The number of methoxy groups -OCH3 is 1. The lowest BCUT2D eigenvalue weighted by atomic mass is 10.1. The van der Waals surface area contributed by atoms with Crippen LogP contribution in [0.3, 0.4) is 0 Å². The molecule has 24 heavy (non-hydrogen) atoms. The van der Waals surface area contributed by atoms with Gasteiger partial charge in [0.15, 0.2) is 9.76 Å². The number of unbranched alkanes of at least 4 members (excludes halogenated alkanes) is 8. The summed E-state index contributed by atoms with van der Waals surface area (Å²) < 4.78 is 9.76. The van der Waals surface area contributed by atoms with Gasteiger partial charge in [-0.2, -0.15) is 0 Å². The summed E-state index contributed by atoms with van der Waals surface area (Å²) in [5, 5.41) is 8.86. The molecule has 0 aliphatic carbocycles. The van der Waals surface area contributed by atoms with Crippen LogP contribution in [-0.2, 0) is 18.8 Å². The van der Waals surface area contributed by atoms with E-state index in [4.69, 9.17) is 9.53 Å². The number of esters is 1. The van der Waals surface area contributed by atoms with Gasteiger partial charge in [-0.1, -0.05) is 51.4 Å². The molecule has 0 aromatic carbocycles. The first-order chi connectivity index (χ1) is 11.6. The summed E-state index contributed by atoms with van der Waals surface area (Å²) in [5.74, 6) is -1.29. The van der Waals surface area contributed by atoms with Crippen LogP contribution in [0.15, 0.2) is 0 Å². The van der Waals surface area contributed by atoms with E-state index >= 15 is 0 Å². The highest BCUT2D eigenvalue weighted by Gasteiger charge is 2.13. The number of rotatable bonds is 17. The van der Waals surface area contributed by atoms with Crippen molar-refractivity contribution in [2.45, 2.75) is 63.8 Å². The average Bonchev–Trinajstić information content (AvgIpc) is 2.55. The van der Waals surface area contributed by atoms with Crippen LogP contribution < -0.4 is 0 Å². The van der Waals surface area contributed by atoms with E-state index in [1.807, 2.05) is 7.11 Å². The van der Waals surface area contributed by atoms with Crippen molar-refractivity contribution in [2.24, 2.45) is 0 Å². The van der Waals surface area contributed by atoms with Gasteiger partial charge in [0.2, 0.25) is 0 Å². The van der Waals surface area contributed by atoms with Gasteiger partial charge in [-0.15, -0.1) is 0 Å². The van der Waals surface area contributed by atoms with Crippen molar-refractivity contribution in [2.75, 3.05) is 33.9 Å². The molecular formula is C17H35NO5Si. The van der Waals surface area contributed by atoms with Crippen molar-refractivity contribution in [1.82, 2.24) is 4.90 Å². The van der Waals surface area contributed by atoms with E-state index in [1.54, 1.807) is 4.90 Å². The maximum absolute atomic E-state index is 11.3. The molecule has 0 heterocycles. The van der Waals surface area contributed by atoms with Crippen LogP contribution >= 0.6 is 0 Å². The van der Waals surface area contributed by atoms with Crippen molar-refractivity contribution in [3.63, 3.8) is 0 Å². The Labute approximate surface area is 148 Å². The summed E-state index contributed by atoms with van der Waals surface area (Å²) in [6.45, 7) is 0.570. The number of hydrogen-bond acceptors (Lipinski definition) is 5. The highest BCUT2D eigenvalue weighted by atomic mass is 28.2. The van der Waals surface area contributed by atoms with Gasteiger partial charge < -0.3 is 14.3 Å². The fourth-order valence-electron chi connectivity index (χ4n) is 2.65. The van der Waals surface area contributed by atoms with Crippen LogP contribution in [0.4, 0.5) is 0 Å². The fourth-order valence-corrected chi connectivity index (χ4v) is 3.49. The lowest BCUT2D eigenvalue weighted by Gasteiger charge is -2.18. The molecule has 0 radical (unpaired) electrons. The van der Waals surface area contributed by atoms with E-state index in [2.05, 4.69) is 4.74 Å². The molecule has 1 N–H and O–H groups in total. The topological polar surface area (TPSA) is 76.1 Å². The molecule has 0 aromatic rings. The zero-order valence-electron chi connectivity index (χ0n) is 15.4. The van der Waals surface area contributed by atoms with Gasteiger partial charge in [-0.05, 0) is 19.0 Å². The molecule has 0 rings (SSSR count). The predicted molar refractivity (Wildman–Crippen MR) is 98.0 cm³/mol. The lowest BCUT2D eigenvalue weighted by Crippen LogP contribution is -2.35. The van der Waals surface area contributed by atoms with Crippen molar-refractivity contribution >= 4 is 21.7 Å². The second-order valence-corrected chi connectivity index (χ2v) is 7.90. The minimum atomic E-state index is -0.910. The summed E-state index contributed by atoms with van der Waals surface area (Å²) in [7, 11) is 2.90. The molecule has 0 fully saturated rings. The lowest BCUT2D eigenvalue weighted by molar-refractivity contribution is -0.144. The minimum Gasteiger partial charge on any atom is -0.480 e. The van der Waals surface area contributed by atoms with Crippen LogP contribution in [0.1, 0.15) is 57.8 Å². The SMILES string of the molecule is CO[SiH2]CCCCCCCCCCCN(CC(=O)O)CC(=O)OC. The van der Waals surface area contributed by atoms with Gasteiger partial charge in [-0.3, -0.25) is 14.5 Å². The highest BCUT2D eigenvalue weighted by Crippen LogP contribution is 2.11. The first-order valence-electron chi connectivity index (χ1n) is 9.10. The van der Waals surface area contributed by atoms with Gasteiger partial charge >= 0.3 is 11.9 Å². The van der Waals surface area contributed by atoms with E-state index in [-0.39, 0.29) is 28.8 Å². The zero-order valence-corrected chi connectivity index (χ0v) is 16.8. The van der Waals surface area contributed by atoms with Crippen molar-refractivity contribution in [3.05, 3.63) is 0 Å². The fraction of sp³-hybridized carbons (Fsp3) is 0.882. The second-order valence-electron chi connectivity index (χ2n) is 6.21. The normalized spacial score (nSPS) is 11.5. The molecule has 0 spiro atoms. The third kappa shape index (κ3) is 16.0. The number of carboxylic acids is 1. The molecule has 142 valence electrons. The van der Waals surface area contributed by atoms with Gasteiger partial charge in [0, 0.05) is 7.11 Å². The Balaban J connectivity index is 3.50. The molecular weight excluding hydrogens is 326 g/mol. The highest BCUT2D eigenvalue weighted by molar-refractivity contribution is 6.26. The molecule has 0 amide bonds. The Hall–Kier alpha value is -0.923. The third-order valence-electron chi connectivity index (χ3n) is 4.01. The Bertz CT molecular complexity index is 328. The summed E-state index contributed by atoms with van der Waals surface area (Å²) >= 11 is 0. The van der Waals surface area contributed by atoms with Gasteiger partial charge in [-0.25, -0.2) is 0 Å². The molecule has 0 aliphatic heterocycles. The molecule has 7 heteroatoms. The van der Waals surface area contributed by atoms with Crippen LogP contribution in [-0.4, -0.2) is 65.6 Å². The monoisotopic (exact) mass is 361 g/mol. The van der Waals surface area contributed by atoms with Crippen molar-refractivity contribution < 1.29 is 23.9 Å². The summed E-state index contributed by atoms with van der Waals surface area (Å²) in [5.41, 5.74) is 0. The van der Waals surface area contributed by atoms with Crippen LogP contribution in [0, 0.1) is 0 Å². The molecule has 0 saturated heterocycles. The van der Waals surface area contributed by atoms with E-state index < -0.39 is 5.97 Å². The predicted octanol–water partition coefficient (Wildman–Crippen LogP) is 2.21. The Morgan fingerprint density at radius 1 is 0.875 bits per heavy atom. The summed E-state index contributed by atoms with van der Waals surface area (Å²) in [6, 6.07) is 1.30. The zero-order chi connectivity index (χ0) is 18.0. The molecule has 0 unspecified atom stereocenters. The number of carboxylic acid groups (broad SMARTS) is 1. The van der Waals surface area contributed by atoms with Crippen molar-refractivity contribution in [1.29, 1.82) is 0 Å². The molecule has 0 aromatic heterocycles. The molecule has 0 saturated carbocycles. The quantitative estimate of drug-likeness (QED) is 0.243. The number of carbonyl (C=O) groups excluding carboxylic acids is 1. The molecule has 6 nitrogen and oxygen atoms in total. The maximum atomic E-state index is 11.3. The molecule has 0 atom stereocenters.